The Balaban J connectivity index is 1.53. The van der Waals surface area contributed by atoms with Gasteiger partial charge in [-0.1, -0.05) is 19.3 Å². The van der Waals surface area contributed by atoms with Gasteiger partial charge in [0, 0.05) is 6.20 Å². The third-order valence-electron chi connectivity index (χ3n) is 6.00. The van der Waals surface area contributed by atoms with E-state index in [2.05, 4.69) is 10.3 Å². The molecule has 2 aliphatic rings. The van der Waals surface area contributed by atoms with Crippen LogP contribution in [0.4, 0.5) is 0 Å². The number of ether oxygens (including phenoxy) is 1. The molecule has 0 saturated heterocycles. The third-order valence-corrected chi connectivity index (χ3v) is 6.00. The summed E-state index contributed by atoms with van der Waals surface area (Å²) in [5.41, 5.74) is 1.88. The fourth-order valence-corrected chi connectivity index (χ4v) is 4.45. The molecular formula is C21H29N3O3. The van der Waals surface area contributed by atoms with Crippen LogP contribution in [-0.4, -0.2) is 39.2 Å². The molecule has 2 fully saturated rings. The van der Waals surface area contributed by atoms with Crippen molar-refractivity contribution in [2.24, 2.45) is 5.92 Å². The van der Waals surface area contributed by atoms with Gasteiger partial charge in [-0.3, -0.25) is 9.20 Å². The maximum Gasteiger partial charge on any atom is 0.270 e. The Labute approximate surface area is 159 Å². The monoisotopic (exact) mass is 371 g/mol. The molecule has 2 aromatic heterocycles. The van der Waals surface area contributed by atoms with Crippen LogP contribution in [0.25, 0.3) is 5.65 Å². The highest BCUT2D eigenvalue weighted by atomic mass is 16.5. The normalized spacial score (nSPS) is 23.6. The second-order valence-electron chi connectivity index (χ2n) is 8.01. The Morgan fingerprint density at radius 1 is 1.26 bits per heavy atom. The molecule has 2 saturated carbocycles. The number of carbonyl (C=O) groups excluding carboxylic acids is 1. The van der Waals surface area contributed by atoms with Crippen LogP contribution in [0.15, 0.2) is 18.3 Å². The zero-order valence-electron chi connectivity index (χ0n) is 16.0. The topological polar surface area (TPSA) is 75.9 Å². The first-order valence-electron chi connectivity index (χ1n) is 10.2. The van der Waals surface area contributed by atoms with Gasteiger partial charge >= 0.3 is 0 Å². The van der Waals surface area contributed by atoms with Crippen LogP contribution < -0.4 is 10.1 Å². The molecule has 0 radical (unpaired) electrons. The number of rotatable bonds is 5. The maximum atomic E-state index is 12.8. The minimum Gasteiger partial charge on any atom is -0.489 e. The molecule has 1 amide bonds. The lowest BCUT2D eigenvalue weighted by Gasteiger charge is -2.21. The number of pyridine rings is 1. The number of fused-ring (bicyclic) bond motifs is 1. The van der Waals surface area contributed by atoms with Gasteiger partial charge in [0.05, 0.1) is 24.4 Å². The zero-order chi connectivity index (χ0) is 18.8. The van der Waals surface area contributed by atoms with Crippen molar-refractivity contribution in [3.8, 4) is 5.75 Å². The number of aromatic nitrogens is 2. The van der Waals surface area contributed by atoms with E-state index in [-0.39, 0.29) is 11.9 Å². The highest BCUT2D eigenvalue weighted by molar-refractivity contribution is 5.95. The smallest absolute Gasteiger partial charge is 0.270 e. The Morgan fingerprint density at radius 2 is 2.07 bits per heavy atom. The molecule has 0 unspecified atom stereocenters. The van der Waals surface area contributed by atoms with E-state index in [4.69, 9.17) is 4.74 Å². The molecule has 2 aromatic rings. The van der Waals surface area contributed by atoms with Crippen LogP contribution in [0.2, 0.25) is 0 Å². The Hall–Kier alpha value is -2.08. The van der Waals surface area contributed by atoms with Crippen molar-refractivity contribution in [1.29, 1.82) is 0 Å². The summed E-state index contributed by atoms with van der Waals surface area (Å²) in [6.45, 7) is 2.55. The predicted molar refractivity (Wildman–Crippen MR) is 103 cm³/mol. The van der Waals surface area contributed by atoms with Crippen molar-refractivity contribution < 1.29 is 14.6 Å². The van der Waals surface area contributed by atoms with Crippen molar-refractivity contribution in [2.45, 2.75) is 70.4 Å². The summed E-state index contributed by atoms with van der Waals surface area (Å²) in [4.78, 5) is 17.4. The standard InChI is InChI=1S/C21H29N3O3/c1-14-19(21(26)23-16-9-5-10-17(16)25)24-12-6-11-18(20(24)22-14)27-13-15-7-3-2-4-8-15/h6,11-12,15-17,25H,2-5,7-10,13H2,1H3,(H,23,26)/t16-,17-/m1/s1. The molecule has 0 aromatic carbocycles. The molecule has 2 N–H and O–H groups in total. The van der Waals surface area contributed by atoms with Gasteiger partial charge in [-0.15, -0.1) is 0 Å². The van der Waals surface area contributed by atoms with Gasteiger partial charge in [-0.2, -0.15) is 0 Å². The summed E-state index contributed by atoms with van der Waals surface area (Å²) in [5.74, 6) is 1.16. The third kappa shape index (κ3) is 3.81. The van der Waals surface area contributed by atoms with Crippen molar-refractivity contribution in [1.82, 2.24) is 14.7 Å². The van der Waals surface area contributed by atoms with Crippen molar-refractivity contribution in [3.05, 3.63) is 29.7 Å². The molecule has 0 aliphatic heterocycles. The summed E-state index contributed by atoms with van der Waals surface area (Å²) < 4.78 is 7.91. The number of aliphatic hydroxyl groups is 1. The molecule has 2 heterocycles. The van der Waals surface area contributed by atoms with Gasteiger partial charge < -0.3 is 15.2 Å². The van der Waals surface area contributed by atoms with Crippen LogP contribution in [0.1, 0.15) is 67.5 Å². The lowest BCUT2D eigenvalue weighted by atomic mass is 9.90. The predicted octanol–water partition coefficient (Wildman–Crippen LogP) is 3.25. The van der Waals surface area contributed by atoms with E-state index in [1.165, 1.54) is 32.1 Å². The number of nitrogens with zero attached hydrogens (tertiary/aromatic N) is 2. The van der Waals surface area contributed by atoms with Crippen molar-refractivity contribution >= 4 is 11.6 Å². The minimum atomic E-state index is -0.456. The first-order chi connectivity index (χ1) is 13.1. The summed E-state index contributed by atoms with van der Waals surface area (Å²) in [6, 6.07) is 3.65. The number of hydrogen-bond donors (Lipinski definition) is 2. The molecular weight excluding hydrogens is 342 g/mol. The van der Waals surface area contributed by atoms with Crippen LogP contribution in [0.3, 0.4) is 0 Å². The second-order valence-corrected chi connectivity index (χ2v) is 8.01. The molecule has 2 atom stereocenters. The highest BCUT2D eigenvalue weighted by Gasteiger charge is 2.29. The van der Waals surface area contributed by atoms with Gasteiger partial charge in [0.1, 0.15) is 5.69 Å². The van der Waals surface area contributed by atoms with E-state index in [0.29, 0.717) is 29.6 Å². The van der Waals surface area contributed by atoms with E-state index in [0.717, 1.165) is 25.0 Å². The van der Waals surface area contributed by atoms with Crippen molar-refractivity contribution in [2.75, 3.05) is 6.61 Å². The van der Waals surface area contributed by atoms with Crippen LogP contribution in [0.5, 0.6) is 5.75 Å². The van der Waals surface area contributed by atoms with Gasteiger partial charge in [0.15, 0.2) is 11.4 Å². The molecule has 0 bridgehead atoms. The maximum absolute atomic E-state index is 12.8. The lowest BCUT2D eigenvalue weighted by Crippen LogP contribution is -2.40. The van der Waals surface area contributed by atoms with E-state index in [9.17, 15) is 9.90 Å². The Bertz CT molecular complexity index is 810. The van der Waals surface area contributed by atoms with Crippen LogP contribution in [0, 0.1) is 12.8 Å². The average Bonchev–Trinajstić information content (AvgIpc) is 3.23. The van der Waals surface area contributed by atoms with Gasteiger partial charge in [0.25, 0.3) is 5.91 Å². The quantitative estimate of drug-likeness (QED) is 0.846. The summed E-state index contributed by atoms with van der Waals surface area (Å²) in [6.07, 6.45) is 10.3. The van der Waals surface area contributed by atoms with Gasteiger partial charge in [-0.05, 0) is 57.1 Å². The zero-order valence-corrected chi connectivity index (χ0v) is 16.0. The molecule has 0 spiro atoms. The van der Waals surface area contributed by atoms with Gasteiger partial charge in [-0.25, -0.2) is 4.98 Å². The Morgan fingerprint density at radius 3 is 2.81 bits per heavy atom. The fourth-order valence-electron chi connectivity index (χ4n) is 4.45. The number of aryl methyl sites for hydroxylation is 1. The van der Waals surface area contributed by atoms with E-state index >= 15 is 0 Å². The van der Waals surface area contributed by atoms with Crippen molar-refractivity contribution in [3.63, 3.8) is 0 Å². The summed E-state index contributed by atoms with van der Waals surface area (Å²) >= 11 is 0. The van der Waals surface area contributed by atoms with Gasteiger partial charge in [0.2, 0.25) is 0 Å². The number of imidazole rings is 1. The van der Waals surface area contributed by atoms with Crippen LogP contribution in [-0.2, 0) is 0 Å². The van der Waals surface area contributed by atoms with E-state index < -0.39 is 6.10 Å². The SMILES string of the molecule is Cc1nc2c(OCC3CCCCC3)cccn2c1C(=O)N[C@@H]1CCC[C@H]1O. The number of carbonyl (C=O) groups is 1. The first-order valence-corrected chi connectivity index (χ1v) is 10.2. The summed E-state index contributed by atoms with van der Waals surface area (Å²) in [5, 5.41) is 13.0. The molecule has 146 valence electrons. The molecule has 6 heteroatoms. The fraction of sp³-hybridized carbons (Fsp3) is 0.619. The average molecular weight is 371 g/mol. The number of aliphatic hydroxyl groups excluding tert-OH is 1. The molecule has 4 rings (SSSR count). The van der Waals surface area contributed by atoms with E-state index in [1.54, 1.807) is 0 Å². The molecule has 6 nitrogen and oxygen atoms in total. The molecule has 2 aliphatic carbocycles. The van der Waals surface area contributed by atoms with E-state index in [1.807, 2.05) is 29.7 Å². The summed E-state index contributed by atoms with van der Waals surface area (Å²) in [7, 11) is 0. The Kier molecular flexibility index (Phi) is 5.34. The number of hydrogen-bond acceptors (Lipinski definition) is 4. The lowest BCUT2D eigenvalue weighted by molar-refractivity contribution is 0.0867. The molecule has 27 heavy (non-hydrogen) atoms. The largest absolute Gasteiger partial charge is 0.489 e. The highest BCUT2D eigenvalue weighted by Crippen LogP contribution is 2.27. The number of amides is 1. The number of nitrogens with one attached hydrogen (secondary N) is 1. The first kappa shape index (κ1) is 18.3. The van der Waals surface area contributed by atoms with Crippen LogP contribution >= 0.6 is 0 Å². The minimum absolute atomic E-state index is 0.173. The second kappa shape index (κ2) is 7.89.